The second-order valence-corrected chi connectivity index (χ2v) is 5.09. The number of benzene rings is 1. The maximum absolute atomic E-state index is 10.8. The van der Waals surface area contributed by atoms with E-state index in [-0.39, 0.29) is 5.69 Å². The van der Waals surface area contributed by atoms with Crippen molar-refractivity contribution >= 4 is 17.6 Å². The average molecular weight is 278 g/mol. The highest BCUT2D eigenvalue weighted by Gasteiger charge is 2.17. The van der Waals surface area contributed by atoms with Crippen molar-refractivity contribution in [2.75, 3.05) is 0 Å². The van der Waals surface area contributed by atoms with E-state index in [1.54, 1.807) is 0 Å². The molecule has 1 aliphatic rings. The molecular formula is C14H12ClNO3. The zero-order valence-corrected chi connectivity index (χ0v) is 10.9. The number of aromatic nitrogens is 1. The van der Waals surface area contributed by atoms with Crippen molar-refractivity contribution in [3.63, 3.8) is 0 Å². The maximum Gasteiger partial charge on any atom is 0.358 e. The SMILES string of the molecule is O=C(O)c1cc(-c2cc(Cl)c3c(c2)CCCC3)on1. The Morgan fingerprint density at radius 2 is 2.05 bits per heavy atom. The fourth-order valence-corrected chi connectivity index (χ4v) is 2.80. The summed E-state index contributed by atoms with van der Waals surface area (Å²) in [6, 6.07) is 5.26. The summed E-state index contributed by atoms with van der Waals surface area (Å²) in [5.74, 6) is -0.660. The number of carbonyl (C=O) groups is 1. The lowest BCUT2D eigenvalue weighted by Crippen LogP contribution is -2.03. The van der Waals surface area contributed by atoms with Gasteiger partial charge >= 0.3 is 5.97 Å². The third-order valence-electron chi connectivity index (χ3n) is 3.42. The second kappa shape index (κ2) is 4.70. The first-order valence-corrected chi connectivity index (χ1v) is 6.54. The van der Waals surface area contributed by atoms with Crippen molar-refractivity contribution in [2.45, 2.75) is 25.7 Å². The summed E-state index contributed by atoms with van der Waals surface area (Å²) in [7, 11) is 0. The van der Waals surface area contributed by atoms with E-state index >= 15 is 0 Å². The molecule has 0 amide bonds. The van der Waals surface area contributed by atoms with E-state index in [1.165, 1.54) is 17.2 Å². The van der Waals surface area contributed by atoms with E-state index in [0.717, 1.165) is 36.3 Å². The average Bonchev–Trinajstić information content (AvgIpc) is 2.88. The number of hydrogen-bond donors (Lipinski definition) is 1. The molecule has 5 heteroatoms. The Balaban J connectivity index is 2.05. The highest BCUT2D eigenvalue weighted by molar-refractivity contribution is 6.31. The molecular weight excluding hydrogens is 266 g/mol. The van der Waals surface area contributed by atoms with Crippen molar-refractivity contribution in [1.29, 1.82) is 0 Å². The Morgan fingerprint density at radius 3 is 2.79 bits per heavy atom. The summed E-state index contributed by atoms with van der Waals surface area (Å²) < 4.78 is 5.07. The first kappa shape index (κ1) is 12.2. The second-order valence-electron chi connectivity index (χ2n) is 4.68. The molecule has 0 saturated heterocycles. The van der Waals surface area contributed by atoms with Crippen molar-refractivity contribution in [3.8, 4) is 11.3 Å². The molecule has 2 aromatic rings. The third kappa shape index (κ3) is 2.24. The molecule has 0 aliphatic heterocycles. The van der Waals surface area contributed by atoms with Gasteiger partial charge in [0.25, 0.3) is 0 Å². The van der Waals surface area contributed by atoms with Crippen molar-refractivity contribution in [3.05, 3.63) is 40.0 Å². The number of rotatable bonds is 2. The normalized spacial score (nSPS) is 14.2. The number of aromatic carboxylic acids is 1. The summed E-state index contributed by atoms with van der Waals surface area (Å²) in [6.07, 6.45) is 4.33. The van der Waals surface area contributed by atoms with Gasteiger partial charge in [-0.25, -0.2) is 4.79 Å². The van der Waals surface area contributed by atoms with E-state index in [2.05, 4.69) is 5.16 Å². The largest absolute Gasteiger partial charge is 0.476 e. The topological polar surface area (TPSA) is 63.3 Å². The molecule has 1 aliphatic carbocycles. The van der Waals surface area contributed by atoms with Crippen LogP contribution in [-0.2, 0) is 12.8 Å². The number of fused-ring (bicyclic) bond motifs is 1. The third-order valence-corrected chi connectivity index (χ3v) is 3.76. The van der Waals surface area contributed by atoms with Gasteiger partial charge in [0.05, 0.1) is 0 Å². The zero-order chi connectivity index (χ0) is 13.4. The smallest absolute Gasteiger partial charge is 0.358 e. The van der Waals surface area contributed by atoms with Crippen LogP contribution in [0.1, 0.15) is 34.5 Å². The lowest BCUT2D eigenvalue weighted by molar-refractivity contribution is 0.0686. The highest BCUT2D eigenvalue weighted by Crippen LogP contribution is 2.33. The minimum Gasteiger partial charge on any atom is -0.476 e. The van der Waals surface area contributed by atoms with Crippen LogP contribution >= 0.6 is 11.6 Å². The minimum absolute atomic E-state index is 0.0937. The summed E-state index contributed by atoms with van der Waals surface area (Å²) in [5.41, 5.74) is 3.12. The molecule has 0 unspecified atom stereocenters. The Morgan fingerprint density at radius 1 is 1.26 bits per heavy atom. The lowest BCUT2D eigenvalue weighted by Gasteiger charge is -2.17. The van der Waals surface area contributed by atoms with E-state index in [4.69, 9.17) is 21.2 Å². The van der Waals surface area contributed by atoms with Gasteiger partial charge in [0.15, 0.2) is 11.5 Å². The molecule has 3 rings (SSSR count). The predicted octanol–water partition coefficient (Wildman–Crippen LogP) is 3.57. The Bertz CT molecular complexity index is 648. The van der Waals surface area contributed by atoms with Gasteiger partial charge in [0, 0.05) is 16.7 Å². The van der Waals surface area contributed by atoms with Crippen LogP contribution in [0.3, 0.4) is 0 Å². The van der Waals surface area contributed by atoms with Crippen LogP contribution in [0, 0.1) is 0 Å². The van der Waals surface area contributed by atoms with Crippen LogP contribution in [0.25, 0.3) is 11.3 Å². The van der Waals surface area contributed by atoms with Gasteiger partial charge in [-0.15, -0.1) is 0 Å². The van der Waals surface area contributed by atoms with Crippen molar-refractivity contribution in [1.82, 2.24) is 5.16 Å². The van der Waals surface area contributed by atoms with Gasteiger partial charge in [0.1, 0.15) is 0 Å². The summed E-state index contributed by atoms with van der Waals surface area (Å²) >= 11 is 6.29. The molecule has 4 nitrogen and oxygen atoms in total. The minimum atomic E-state index is -1.10. The molecule has 1 aromatic heterocycles. The van der Waals surface area contributed by atoms with Gasteiger partial charge in [-0.3, -0.25) is 0 Å². The number of halogens is 1. The number of hydrogen-bond acceptors (Lipinski definition) is 3. The van der Waals surface area contributed by atoms with Crippen LogP contribution in [0.15, 0.2) is 22.7 Å². The molecule has 19 heavy (non-hydrogen) atoms. The molecule has 1 N–H and O–H groups in total. The van der Waals surface area contributed by atoms with Crippen LogP contribution < -0.4 is 0 Å². The lowest BCUT2D eigenvalue weighted by atomic mass is 9.90. The first-order chi connectivity index (χ1) is 9.15. The van der Waals surface area contributed by atoms with Crippen LogP contribution in [0.5, 0.6) is 0 Å². The van der Waals surface area contributed by atoms with E-state index in [0.29, 0.717) is 5.76 Å². The van der Waals surface area contributed by atoms with Crippen LogP contribution in [0.4, 0.5) is 0 Å². The molecule has 0 fully saturated rings. The van der Waals surface area contributed by atoms with E-state index in [9.17, 15) is 4.79 Å². The first-order valence-electron chi connectivity index (χ1n) is 6.17. The standard InChI is InChI=1S/C14H12ClNO3/c15-11-6-9(5-8-3-1-2-4-10(8)11)13-7-12(14(17)18)16-19-13/h5-7H,1-4H2,(H,17,18). The summed E-state index contributed by atoms with van der Waals surface area (Å²) in [5, 5.41) is 13.1. The molecule has 1 heterocycles. The molecule has 1 aromatic carbocycles. The van der Waals surface area contributed by atoms with Crippen LogP contribution in [-0.4, -0.2) is 16.2 Å². The Hall–Kier alpha value is -1.81. The maximum atomic E-state index is 10.8. The molecule has 0 atom stereocenters. The summed E-state index contributed by atoms with van der Waals surface area (Å²) in [6.45, 7) is 0. The quantitative estimate of drug-likeness (QED) is 0.911. The number of nitrogens with zero attached hydrogens (tertiary/aromatic N) is 1. The molecule has 0 spiro atoms. The van der Waals surface area contributed by atoms with Gasteiger partial charge in [-0.1, -0.05) is 16.8 Å². The number of carboxylic acids is 1. The molecule has 98 valence electrons. The van der Waals surface area contributed by atoms with Gasteiger partial charge < -0.3 is 9.63 Å². The van der Waals surface area contributed by atoms with Crippen molar-refractivity contribution < 1.29 is 14.4 Å². The number of aryl methyl sites for hydroxylation is 1. The van der Waals surface area contributed by atoms with Gasteiger partial charge in [0.2, 0.25) is 0 Å². The van der Waals surface area contributed by atoms with E-state index < -0.39 is 5.97 Å². The molecule has 0 saturated carbocycles. The zero-order valence-electron chi connectivity index (χ0n) is 10.1. The monoisotopic (exact) mass is 277 g/mol. The summed E-state index contributed by atoms with van der Waals surface area (Å²) in [4.78, 5) is 10.8. The Labute approximate surface area is 115 Å². The van der Waals surface area contributed by atoms with Gasteiger partial charge in [-0.2, -0.15) is 0 Å². The predicted molar refractivity (Wildman–Crippen MR) is 70.6 cm³/mol. The Kier molecular flexibility index (Phi) is 3.03. The molecule has 0 bridgehead atoms. The fraction of sp³-hybridized carbons (Fsp3) is 0.286. The fourth-order valence-electron chi connectivity index (χ4n) is 2.47. The van der Waals surface area contributed by atoms with Crippen molar-refractivity contribution in [2.24, 2.45) is 0 Å². The van der Waals surface area contributed by atoms with E-state index in [1.807, 2.05) is 12.1 Å². The number of carboxylic acid groups (broad SMARTS) is 1. The van der Waals surface area contributed by atoms with Crippen LogP contribution in [0.2, 0.25) is 5.02 Å². The molecule has 0 radical (unpaired) electrons. The van der Waals surface area contributed by atoms with Gasteiger partial charge in [-0.05, 0) is 48.9 Å². The highest BCUT2D eigenvalue weighted by atomic mass is 35.5.